The van der Waals surface area contributed by atoms with Crippen LogP contribution in [0.2, 0.25) is 0 Å². The third-order valence-electron chi connectivity index (χ3n) is 5.65. The van der Waals surface area contributed by atoms with E-state index in [1.165, 1.54) is 0 Å². The Morgan fingerprint density at radius 2 is 0.658 bits per heavy atom. The van der Waals surface area contributed by atoms with Gasteiger partial charge in [0.15, 0.2) is 0 Å². The Kier molecular flexibility index (Phi) is 7.98. The van der Waals surface area contributed by atoms with Crippen molar-refractivity contribution >= 4 is 23.8 Å². The molecule has 0 aliphatic heterocycles. The van der Waals surface area contributed by atoms with Crippen molar-refractivity contribution in [1.82, 2.24) is 0 Å². The molecule has 0 fully saturated rings. The molecule has 0 amide bonds. The molecule has 0 aromatic heterocycles. The first-order valence-corrected chi connectivity index (χ1v) is 12.3. The molecule has 5 aromatic rings. The van der Waals surface area contributed by atoms with Crippen LogP contribution in [0.3, 0.4) is 0 Å². The fourth-order valence-electron chi connectivity index (χ4n) is 3.56. The van der Waals surface area contributed by atoms with E-state index in [0.29, 0.717) is 0 Å². The van der Waals surface area contributed by atoms with Crippen molar-refractivity contribution in [3.05, 3.63) is 167 Å². The maximum absolute atomic E-state index is 4.58. The first-order chi connectivity index (χ1) is 18.8. The third-order valence-corrected chi connectivity index (χ3v) is 5.65. The second kappa shape index (κ2) is 12.5. The molecule has 0 radical (unpaired) electrons. The molecule has 0 unspecified atom stereocenters. The minimum Gasteiger partial charge on any atom is -0.256 e. The quantitative estimate of drug-likeness (QED) is 0.182. The van der Waals surface area contributed by atoms with Crippen LogP contribution in [0.1, 0.15) is 33.4 Å². The Morgan fingerprint density at radius 1 is 0.342 bits per heavy atom. The van der Waals surface area contributed by atoms with Crippen molar-refractivity contribution in [1.29, 1.82) is 0 Å². The van der Waals surface area contributed by atoms with E-state index in [2.05, 4.69) is 33.7 Å². The predicted octanol–water partition coefficient (Wildman–Crippen LogP) is 7.99. The molecule has 0 bridgehead atoms. The Bertz CT molecular complexity index is 1530. The van der Waals surface area contributed by atoms with Crippen molar-refractivity contribution in [3.63, 3.8) is 0 Å². The monoisotopic (exact) mass is 484 g/mol. The lowest BCUT2D eigenvalue weighted by molar-refractivity contribution is 1.48. The molecule has 0 N–H and O–H groups in total. The third kappa shape index (κ3) is 7.28. The first-order valence-electron chi connectivity index (χ1n) is 12.3. The summed E-state index contributed by atoms with van der Waals surface area (Å²) in [5.74, 6) is 12.7. The van der Waals surface area contributed by atoms with E-state index >= 15 is 0 Å². The zero-order valence-corrected chi connectivity index (χ0v) is 20.8. The molecule has 2 nitrogen and oxygen atoms in total. The topological polar surface area (TPSA) is 24.7 Å². The minimum atomic E-state index is 0.873. The molecule has 5 rings (SSSR count). The molecular formula is C36H24N2. The molecule has 0 aliphatic rings. The molecule has 0 saturated carbocycles. The van der Waals surface area contributed by atoms with Gasteiger partial charge in [0.1, 0.15) is 0 Å². The second-order valence-corrected chi connectivity index (χ2v) is 8.51. The Labute approximate surface area is 224 Å². The average Bonchev–Trinajstić information content (AvgIpc) is 2.99. The van der Waals surface area contributed by atoms with E-state index in [1.54, 1.807) is 0 Å². The summed E-state index contributed by atoms with van der Waals surface area (Å²) >= 11 is 0. The summed E-state index contributed by atoms with van der Waals surface area (Å²) < 4.78 is 0. The van der Waals surface area contributed by atoms with E-state index < -0.39 is 0 Å². The van der Waals surface area contributed by atoms with Crippen molar-refractivity contribution in [2.24, 2.45) is 9.98 Å². The van der Waals surface area contributed by atoms with Crippen LogP contribution < -0.4 is 0 Å². The highest BCUT2D eigenvalue weighted by molar-refractivity contribution is 5.83. The van der Waals surface area contributed by atoms with Crippen molar-refractivity contribution < 1.29 is 0 Å². The Balaban J connectivity index is 1.16. The van der Waals surface area contributed by atoms with Crippen LogP contribution in [0, 0.1) is 23.7 Å². The molecule has 0 heterocycles. The molecule has 0 spiro atoms. The van der Waals surface area contributed by atoms with E-state index in [9.17, 15) is 0 Å². The van der Waals surface area contributed by atoms with E-state index in [1.807, 2.05) is 146 Å². The van der Waals surface area contributed by atoms with Crippen molar-refractivity contribution in [2.45, 2.75) is 0 Å². The van der Waals surface area contributed by atoms with Gasteiger partial charge >= 0.3 is 0 Å². The van der Waals surface area contributed by atoms with Gasteiger partial charge in [-0.1, -0.05) is 84.3 Å². The number of aliphatic imine (C=N–C) groups is 2. The van der Waals surface area contributed by atoms with Crippen LogP contribution in [0.5, 0.6) is 0 Å². The molecule has 0 aliphatic carbocycles. The predicted molar refractivity (Wildman–Crippen MR) is 159 cm³/mol. The maximum Gasteiger partial charge on any atom is 0.0631 e. The summed E-state index contributed by atoms with van der Waals surface area (Å²) in [5.41, 5.74) is 7.76. The van der Waals surface area contributed by atoms with Gasteiger partial charge in [0.05, 0.1) is 11.4 Å². The summed E-state index contributed by atoms with van der Waals surface area (Å²) in [7, 11) is 0. The summed E-state index contributed by atoms with van der Waals surface area (Å²) in [5, 5.41) is 0. The van der Waals surface area contributed by atoms with Crippen LogP contribution in [-0.4, -0.2) is 12.4 Å². The standard InChI is InChI=1S/C36H24N2/c1-3-7-29(8-4-1)11-13-31-15-19-33(20-16-31)27-37-35-23-25-36(26-24-35)38-28-34-21-17-32(18-22-34)14-12-30-9-5-2-6-10-30/h1-10,15-28H. The van der Waals surface area contributed by atoms with E-state index in [4.69, 9.17) is 0 Å². The van der Waals surface area contributed by atoms with Gasteiger partial charge in [0, 0.05) is 34.7 Å². The molecule has 0 atom stereocenters. The second-order valence-electron chi connectivity index (χ2n) is 8.51. The van der Waals surface area contributed by atoms with Crippen LogP contribution in [0.15, 0.2) is 143 Å². The maximum atomic E-state index is 4.58. The lowest BCUT2D eigenvalue weighted by Gasteiger charge is -1.98. The number of rotatable bonds is 4. The highest BCUT2D eigenvalue weighted by atomic mass is 14.7. The van der Waals surface area contributed by atoms with E-state index in [-0.39, 0.29) is 0 Å². The number of hydrogen-bond acceptors (Lipinski definition) is 2. The van der Waals surface area contributed by atoms with Crippen molar-refractivity contribution in [3.8, 4) is 23.7 Å². The summed E-state index contributed by atoms with van der Waals surface area (Å²) in [6.45, 7) is 0. The summed E-state index contributed by atoms with van der Waals surface area (Å²) in [6.07, 6.45) is 3.71. The fraction of sp³-hybridized carbons (Fsp3) is 0. The summed E-state index contributed by atoms with van der Waals surface area (Å²) in [4.78, 5) is 9.16. The van der Waals surface area contributed by atoms with E-state index in [0.717, 1.165) is 44.8 Å². The number of hydrogen-bond donors (Lipinski definition) is 0. The molecular weight excluding hydrogens is 460 g/mol. The van der Waals surface area contributed by atoms with Gasteiger partial charge in [0.2, 0.25) is 0 Å². The van der Waals surface area contributed by atoms with Crippen LogP contribution in [0.4, 0.5) is 11.4 Å². The first kappa shape index (κ1) is 24.3. The van der Waals surface area contributed by atoms with Crippen LogP contribution in [0.25, 0.3) is 0 Å². The molecule has 5 aromatic carbocycles. The Hall–Kier alpha value is -5.44. The van der Waals surface area contributed by atoms with Gasteiger partial charge in [0.25, 0.3) is 0 Å². The normalized spacial score (nSPS) is 10.5. The largest absolute Gasteiger partial charge is 0.256 e. The lowest BCUT2D eigenvalue weighted by Crippen LogP contribution is -1.82. The SMILES string of the molecule is C(#Cc1ccc(C=Nc2ccc(N=Cc3ccc(C#Cc4ccccc4)cc3)cc2)cc1)c1ccccc1. The van der Waals surface area contributed by atoms with Gasteiger partial charge in [-0.25, -0.2) is 0 Å². The summed E-state index contributed by atoms with van der Waals surface area (Å²) in [6, 6.07) is 44.0. The fourth-order valence-corrected chi connectivity index (χ4v) is 3.56. The van der Waals surface area contributed by atoms with Gasteiger partial charge < -0.3 is 0 Å². The zero-order chi connectivity index (χ0) is 25.8. The highest BCUT2D eigenvalue weighted by Crippen LogP contribution is 2.19. The highest BCUT2D eigenvalue weighted by Gasteiger charge is 1.94. The molecule has 178 valence electrons. The van der Waals surface area contributed by atoms with Crippen LogP contribution in [-0.2, 0) is 0 Å². The average molecular weight is 485 g/mol. The van der Waals surface area contributed by atoms with Gasteiger partial charge in [-0.3, -0.25) is 9.98 Å². The smallest absolute Gasteiger partial charge is 0.0631 e. The van der Waals surface area contributed by atoms with Crippen molar-refractivity contribution in [2.75, 3.05) is 0 Å². The molecule has 0 saturated heterocycles. The number of nitrogens with zero attached hydrogens (tertiary/aromatic N) is 2. The minimum absolute atomic E-state index is 0.873. The molecule has 38 heavy (non-hydrogen) atoms. The lowest BCUT2D eigenvalue weighted by atomic mass is 10.1. The zero-order valence-electron chi connectivity index (χ0n) is 20.8. The van der Waals surface area contributed by atoms with Crippen LogP contribution >= 0.6 is 0 Å². The Morgan fingerprint density at radius 3 is 1.00 bits per heavy atom. The van der Waals surface area contributed by atoms with Gasteiger partial charge in [-0.15, -0.1) is 0 Å². The number of benzene rings is 5. The van der Waals surface area contributed by atoms with Gasteiger partial charge in [-0.2, -0.15) is 0 Å². The molecule has 2 heteroatoms. The van der Waals surface area contributed by atoms with Gasteiger partial charge in [-0.05, 0) is 83.9 Å².